The highest BCUT2D eigenvalue weighted by molar-refractivity contribution is 7.89. The molecule has 0 bridgehead atoms. The van der Waals surface area contributed by atoms with E-state index in [0.717, 1.165) is 0 Å². The van der Waals surface area contributed by atoms with E-state index in [-0.39, 0.29) is 41.3 Å². The average molecular weight is 500 g/mol. The first kappa shape index (κ1) is 24.6. The maximum atomic E-state index is 13.9. The molecule has 0 saturated carbocycles. The van der Waals surface area contributed by atoms with E-state index >= 15 is 0 Å². The molecular weight excluding hydrogens is 473 g/mol. The number of nitrogens with zero attached hydrogens (tertiary/aromatic N) is 2. The van der Waals surface area contributed by atoms with Gasteiger partial charge in [0.25, 0.3) is 0 Å². The SMILES string of the molecule is COc1ccc(NC(=O)C2CCN(S(=O)(=O)c3c(C)noc3C=Cc3ccccc3F)CC2)cc1. The van der Waals surface area contributed by atoms with E-state index in [9.17, 15) is 17.6 Å². The molecule has 0 radical (unpaired) electrons. The molecule has 8 nitrogen and oxygen atoms in total. The highest BCUT2D eigenvalue weighted by Gasteiger charge is 2.36. The van der Waals surface area contributed by atoms with Crippen LogP contribution in [-0.2, 0) is 14.8 Å². The molecule has 0 unspecified atom stereocenters. The van der Waals surface area contributed by atoms with Crippen LogP contribution in [0, 0.1) is 18.7 Å². The topological polar surface area (TPSA) is 102 Å². The monoisotopic (exact) mass is 499 g/mol. The third kappa shape index (κ3) is 5.44. The van der Waals surface area contributed by atoms with Crippen molar-refractivity contribution in [3.05, 3.63) is 71.4 Å². The van der Waals surface area contributed by atoms with Crippen molar-refractivity contribution in [1.82, 2.24) is 9.46 Å². The van der Waals surface area contributed by atoms with E-state index in [1.54, 1.807) is 56.5 Å². The highest BCUT2D eigenvalue weighted by atomic mass is 32.2. The standard InChI is InChI=1S/C25H26FN3O5S/c1-17-24(23(34-28-17)12-7-18-5-3-4-6-22(18)26)35(31,32)29-15-13-19(14-16-29)25(30)27-20-8-10-21(33-2)11-9-20/h3-12,19H,13-16H2,1-2H3,(H,27,30). The summed E-state index contributed by atoms with van der Waals surface area (Å²) in [6, 6.07) is 13.2. The Bertz CT molecular complexity index is 1330. The second kappa shape index (κ2) is 10.4. The largest absolute Gasteiger partial charge is 0.497 e. The summed E-state index contributed by atoms with van der Waals surface area (Å²) in [5, 5.41) is 6.69. The normalized spacial score (nSPS) is 15.4. The van der Waals surface area contributed by atoms with Gasteiger partial charge in [-0.25, -0.2) is 12.8 Å². The van der Waals surface area contributed by atoms with Crippen LogP contribution in [0.1, 0.15) is 29.9 Å². The van der Waals surface area contributed by atoms with Crippen LogP contribution in [0.4, 0.5) is 10.1 Å². The molecule has 0 spiro atoms. The van der Waals surface area contributed by atoms with Gasteiger partial charge < -0.3 is 14.6 Å². The van der Waals surface area contributed by atoms with Crippen molar-refractivity contribution in [2.24, 2.45) is 5.92 Å². The molecule has 1 fully saturated rings. The number of rotatable bonds is 7. The van der Waals surface area contributed by atoms with Crippen molar-refractivity contribution in [3.8, 4) is 5.75 Å². The Morgan fingerprint density at radius 3 is 2.49 bits per heavy atom. The Morgan fingerprint density at radius 2 is 1.83 bits per heavy atom. The summed E-state index contributed by atoms with van der Waals surface area (Å²) in [7, 11) is -2.36. The lowest BCUT2D eigenvalue weighted by atomic mass is 9.97. The molecule has 4 rings (SSSR count). The molecule has 2 heterocycles. The van der Waals surface area contributed by atoms with Gasteiger partial charge in [0.05, 0.1) is 7.11 Å². The van der Waals surface area contributed by atoms with Gasteiger partial charge in [-0.15, -0.1) is 0 Å². The zero-order chi connectivity index (χ0) is 25.0. The van der Waals surface area contributed by atoms with Crippen LogP contribution in [0.15, 0.2) is 57.9 Å². The lowest BCUT2D eigenvalue weighted by Crippen LogP contribution is -2.41. The number of halogens is 1. The predicted octanol–water partition coefficient (Wildman–Crippen LogP) is 4.34. The highest BCUT2D eigenvalue weighted by Crippen LogP contribution is 2.30. The van der Waals surface area contributed by atoms with E-state index in [0.29, 0.717) is 29.8 Å². The summed E-state index contributed by atoms with van der Waals surface area (Å²) >= 11 is 0. The quantitative estimate of drug-likeness (QED) is 0.519. The smallest absolute Gasteiger partial charge is 0.248 e. The van der Waals surface area contributed by atoms with Crippen LogP contribution in [0.5, 0.6) is 5.75 Å². The van der Waals surface area contributed by atoms with Gasteiger partial charge in [-0.1, -0.05) is 23.4 Å². The average Bonchev–Trinajstić information content (AvgIpc) is 3.25. The lowest BCUT2D eigenvalue weighted by molar-refractivity contribution is -0.120. The van der Waals surface area contributed by atoms with Crippen LogP contribution in [0.2, 0.25) is 0 Å². The van der Waals surface area contributed by atoms with E-state index in [1.807, 2.05) is 0 Å². The molecule has 1 saturated heterocycles. The Morgan fingerprint density at radius 1 is 1.14 bits per heavy atom. The number of piperidine rings is 1. The molecule has 35 heavy (non-hydrogen) atoms. The van der Waals surface area contributed by atoms with E-state index in [4.69, 9.17) is 9.26 Å². The van der Waals surface area contributed by atoms with E-state index < -0.39 is 15.8 Å². The zero-order valence-electron chi connectivity index (χ0n) is 19.4. The van der Waals surface area contributed by atoms with Gasteiger partial charge in [0.15, 0.2) is 10.7 Å². The summed E-state index contributed by atoms with van der Waals surface area (Å²) in [5.41, 5.74) is 1.17. The molecule has 1 aromatic heterocycles. The Hall–Kier alpha value is -3.50. The number of hydrogen-bond acceptors (Lipinski definition) is 6. The minimum Gasteiger partial charge on any atom is -0.497 e. The summed E-state index contributed by atoms with van der Waals surface area (Å²) in [6.45, 7) is 1.92. The van der Waals surface area contributed by atoms with Gasteiger partial charge in [0.2, 0.25) is 15.9 Å². The first-order valence-electron chi connectivity index (χ1n) is 11.1. The third-order valence-corrected chi connectivity index (χ3v) is 7.99. The molecule has 1 aliphatic heterocycles. The Labute approximate surface area is 203 Å². The first-order chi connectivity index (χ1) is 16.8. The molecule has 2 aromatic carbocycles. The van der Waals surface area contributed by atoms with Crippen molar-refractivity contribution in [2.75, 3.05) is 25.5 Å². The predicted molar refractivity (Wildman–Crippen MR) is 130 cm³/mol. The van der Waals surface area contributed by atoms with E-state index in [1.165, 1.54) is 22.5 Å². The molecule has 3 aromatic rings. The zero-order valence-corrected chi connectivity index (χ0v) is 20.2. The summed E-state index contributed by atoms with van der Waals surface area (Å²) < 4.78 is 52.4. The summed E-state index contributed by atoms with van der Waals surface area (Å²) in [4.78, 5) is 12.6. The number of benzene rings is 2. The molecule has 1 aliphatic rings. The van der Waals surface area contributed by atoms with Crippen molar-refractivity contribution in [2.45, 2.75) is 24.7 Å². The number of nitrogens with one attached hydrogen (secondary N) is 1. The third-order valence-electron chi connectivity index (χ3n) is 5.93. The minimum absolute atomic E-state index is 0.0325. The number of ether oxygens (including phenoxy) is 1. The molecule has 184 valence electrons. The fraction of sp³-hybridized carbons (Fsp3) is 0.280. The second-order valence-corrected chi connectivity index (χ2v) is 10.1. The first-order valence-corrected chi connectivity index (χ1v) is 12.6. The summed E-state index contributed by atoms with van der Waals surface area (Å²) in [5.74, 6) is -0.174. The van der Waals surface area contributed by atoms with Gasteiger partial charge in [-0.3, -0.25) is 4.79 Å². The lowest BCUT2D eigenvalue weighted by Gasteiger charge is -2.30. The summed E-state index contributed by atoms with van der Waals surface area (Å²) in [6.07, 6.45) is 3.61. The van der Waals surface area contributed by atoms with Crippen LogP contribution >= 0.6 is 0 Å². The van der Waals surface area contributed by atoms with Gasteiger partial charge in [-0.2, -0.15) is 4.31 Å². The molecular formula is C25H26FN3O5S. The molecule has 1 N–H and O–H groups in total. The van der Waals surface area contributed by atoms with E-state index in [2.05, 4.69) is 10.5 Å². The Kier molecular flexibility index (Phi) is 7.32. The minimum atomic E-state index is -3.92. The van der Waals surface area contributed by atoms with Gasteiger partial charge in [0.1, 0.15) is 17.3 Å². The fourth-order valence-corrected chi connectivity index (χ4v) is 5.70. The van der Waals surface area contributed by atoms with Crippen molar-refractivity contribution < 1.29 is 26.9 Å². The maximum Gasteiger partial charge on any atom is 0.248 e. The number of carbonyl (C=O) groups is 1. The van der Waals surface area contributed by atoms with Gasteiger partial charge in [0, 0.05) is 30.3 Å². The number of hydrogen-bond donors (Lipinski definition) is 1. The molecule has 1 amide bonds. The van der Waals surface area contributed by atoms with Gasteiger partial charge in [-0.05, 0) is 62.2 Å². The number of anilines is 1. The van der Waals surface area contributed by atoms with Crippen LogP contribution < -0.4 is 10.1 Å². The van der Waals surface area contributed by atoms with Crippen molar-refractivity contribution in [3.63, 3.8) is 0 Å². The molecule has 0 aliphatic carbocycles. The number of sulfonamides is 1. The number of aryl methyl sites for hydroxylation is 1. The van der Waals surface area contributed by atoms with Crippen LogP contribution in [-0.4, -0.2) is 44.0 Å². The maximum absolute atomic E-state index is 13.9. The van der Waals surface area contributed by atoms with Crippen LogP contribution in [0.3, 0.4) is 0 Å². The van der Waals surface area contributed by atoms with Crippen LogP contribution in [0.25, 0.3) is 12.2 Å². The van der Waals surface area contributed by atoms with Crippen molar-refractivity contribution >= 4 is 33.8 Å². The number of amides is 1. The number of aromatic nitrogens is 1. The molecule has 0 atom stereocenters. The second-order valence-electron chi connectivity index (χ2n) is 8.21. The van der Waals surface area contributed by atoms with Crippen molar-refractivity contribution in [1.29, 1.82) is 0 Å². The number of carbonyl (C=O) groups excluding carboxylic acids is 1. The fourth-order valence-electron chi connectivity index (χ4n) is 3.98. The molecule has 10 heteroatoms. The number of methoxy groups -OCH3 is 1. The Balaban J connectivity index is 1.44. The van der Waals surface area contributed by atoms with Gasteiger partial charge >= 0.3 is 0 Å².